The van der Waals surface area contributed by atoms with E-state index >= 15 is 0 Å². The lowest BCUT2D eigenvalue weighted by Gasteiger charge is -2.32. The van der Waals surface area contributed by atoms with Crippen molar-refractivity contribution in [2.75, 3.05) is 0 Å². The molecule has 6 nitrogen and oxygen atoms in total. The predicted octanol–water partition coefficient (Wildman–Crippen LogP) is 3.58. The second kappa shape index (κ2) is 8.31. The van der Waals surface area contributed by atoms with Gasteiger partial charge in [-0.05, 0) is 38.0 Å². The zero-order valence-electron chi connectivity index (χ0n) is 15.1. The number of fused-ring (bicyclic) bond motifs is 1. The molecular weight excluding hydrogens is 362 g/mol. The number of rotatable bonds is 5. The number of hydrogen-bond acceptors (Lipinski definition) is 6. The van der Waals surface area contributed by atoms with Crippen molar-refractivity contribution in [3.05, 3.63) is 35.3 Å². The number of hydrogen-bond donors (Lipinski definition) is 1. The van der Waals surface area contributed by atoms with E-state index in [1.165, 1.54) is 24.3 Å². The van der Waals surface area contributed by atoms with Crippen molar-refractivity contribution in [1.29, 1.82) is 5.26 Å². The van der Waals surface area contributed by atoms with Gasteiger partial charge in [0.1, 0.15) is 10.5 Å². The number of nitrogens with zero attached hydrogens (tertiary/aromatic N) is 2. The third kappa shape index (κ3) is 4.72. The van der Waals surface area contributed by atoms with Crippen molar-refractivity contribution < 1.29 is 14.3 Å². The fourth-order valence-corrected chi connectivity index (χ4v) is 4.00. The molecule has 0 saturated heterocycles. The van der Waals surface area contributed by atoms with Crippen LogP contribution in [0.25, 0.3) is 16.3 Å². The van der Waals surface area contributed by atoms with Crippen LogP contribution in [0.15, 0.2) is 30.3 Å². The summed E-state index contributed by atoms with van der Waals surface area (Å²) < 4.78 is 6.20. The molecule has 1 aliphatic rings. The molecule has 0 spiro atoms. The van der Waals surface area contributed by atoms with Crippen LogP contribution in [0.4, 0.5) is 0 Å². The Hall–Kier alpha value is -2.72. The third-order valence-electron chi connectivity index (χ3n) is 4.62. The van der Waals surface area contributed by atoms with Gasteiger partial charge in [0.25, 0.3) is 5.91 Å². The molecule has 7 heteroatoms. The zero-order valence-corrected chi connectivity index (χ0v) is 15.9. The van der Waals surface area contributed by atoms with Gasteiger partial charge in [0.05, 0.1) is 16.3 Å². The molecule has 0 radical (unpaired) electrons. The van der Waals surface area contributed by atoms with E-state index in [-0.39, 0.29) is 0 Å². The van der Waals surface area contributed by atoms with Gasteiger partial charge in [-0.1, -0.05) is 31.4 Å². The first kappa shape index (κ1) is 19.1. The molecule has 1 heterocycles. The highest BCUT2D eigenvalue weighted by Crippen LogP contribution is 2.27. The second-order valence-corrected chi connectivity index (χ2v) is 7.74. The smallest absolute Gasteiger partial charge is 0.331 e. The molecule has 1 aromatic heterocycles. The van der Waals surface area contributed by atoms with Crippen LogP contribution in [0.5, 0.6) is 0 Å². The Bertz CT molecular complexity index is 874. The summed E-state index contributed by atoms with van der Waals surface area (Å²) in [6.07, 6.45) is 6.03. The maximum Gasteiger partial charge on any atom is 0.331 e. The summed E-state index contributed by atoms with van der Waals surface area (Å²) in [5, 5.41) is 12.9. The monoisotopic (exact) mass is 383 g/mol. The molecule has 1 aromatic carbocycles. The van der Waals surface area contributed by atoms with Crippen molar-refractivity contribution in [1.82, 2.24) is 10.3 Å². The highest BCUT2D eigenvalue weighted by molar-refractivity contribution is 7.19. The molecule has 1 atom stereocenters. The van der Waals surface area contributed by atoms with Crippen LogP contribution in [0.2, 0.25) is 0 Å². The van der Waals surface area contributed by atoms with Gasteiger partial charge in [0, 0.05) is 6.08 Å². The molecule has 2 aromatic rings. The molecule has 140 valence electrons. The number of carbonyl (C=O) groups excluding carboxylic acids is 2. The number of carbonyl (C=O) groups is 2. The van der Waals surface area contributed by atoms with Crippen molar-refractivity contribution in [3.8, 4) is 6.07 Å². The quantitative estimate of drug-likeness (QED) is 0.629. The predicted molar refractivity (Wildman–Crippen MR) is 104 cm³/mol. The average Bonchev–Trinajstić information content (AvgIpc) is 3.10. The maximum absolute atomic E-state index is 12.3. The van der Waals surface area contributed by atoms with E-state index in [0.29, 0.717) is 17.8 Å². The maximum atomic E-state index is 12.3. The number of ether oxygens (including phenoxy) is 1. The minimum Gasteiger partial charge on any atom is -0.449 e. The van der Waals surface area contributed by atoms with Gasteiger partial charge in [-0.3, -0.25) is 4.79 Å². The van der Waals surface area contributed by atoms with Crippen LogP contribution in [0.3, 0.4) is 0 Å². The SMILES string of the molecule is C[C@H](OC(=O)/C=C/c1nc2ccccc2s1)C(=O)NC1(C#N)CCCCC1. The third-order valence-corrected chi connectivity index (χ3v) is 5.62. The first-order chi connectivity index (χ1) is 13.0. The summed E-state index contributed by atoms with van der Waals surface area (Å²) in [7, 11) is 0. The van der Waals surface area contributed by atoms with E-state index in [2.05, 4.69) is 16.4 Å². The fourth-order valence-electron chi connectivity index (χ4n) is 3.13. The van der Waals surface area contributed by atoms with Gasteiger partial charge in [0.15, 0.2) is 6.10 Å². The van der Waals surface area contributed by atoms with Gasteiger partial charge in [0.2, 0.25) is 0 Å². The molecule has 1 N–H and O–H groups in total. The number of nitriles is 1. The van der Waals surface area contributed by atoms with E-state index in [1.54, 1.807) is 6.08 Å². The van der Waals surface area contributed by atoms with E-state index in [9.17, 15) is 14.9 Å². The largest absolute Gasteiger partial charge is 0.449 e. The van der Waals surface area contributed by atoms with Crippen molar-refractivity contribution >= 4 is 39.5 Å². The summed E-state index contributed by atoms with van der Waals surface area (Å²) >= 11 is 1.47. The molecule has 0 bridgehead atoms. The standard InChI is InChI=1S/C20H21N3O3S/c1-14(19(25)23-20(13-21)11-5-2-6-12-20)26-18(24)10-9-17-22-15-7-3-4-8-16(15)27-17/h3-4,7-10,14H,2,5-6,11-12H2,1H3,(H,23,25)/b10-9+/t14-/m0/s1. The first-order valence-corrected chi connectivity index (χ1v) is 9.80. The van der Waals surface area contributed by atoms with Crippen LogP contribution in [0.1, 0.15) is 44.0 Å². The average molecular weight is 383 g/mol. The van der Waals surface area contributed by atoms with Crippen LogP contribution in [0, 0.1) is 11.3 Å². The second-order valence-electron chi connectivity index (χ2n) is 6.68. The Kier molecular flexibility index (Phi) is 5.87. The summed E-state index contributed by atoms with van der Waals surface area (Å²) in [5.41, 5.74) is 0.0323. The first-order valence-electron chi connectivity index (χ1n) is 8.99. The Labute approximate surface area is 161 Å². The number of amides is 1. The minimum absolute atomic E-state index is 0.444. The lowest BCUT2D eigenvalue weighted by molar-refractivity contribution is -0.150. The molecule has 27 heavy (non-hydrogen) atoms. The zero-order chi connectivity index (χ0) is 19.3. The molecule has 1 aliphatic carbocycles. The topological polar surface area (TPSA) is 92.1 Å². The van der Waals surface area contributed by atoms with Crippen LogP contribution < -0.4 is 5.32 Å². The summed E-state index contributed by atoms with van der Waals surface area (Å²) in [6.45, 7) is 1.51. The number of aromatic nitrogens is 1. The summed E-state index contributed by atoms with van der Waals surface area (Å²) in [5.74, 6) is -1.06. The lowest BCUT2D eigenvalue weighted by Crippen LogP contribution is -2.52. The fraction of sp³-hybridized carbons (Fsp3) is 0.400. The van der Waals surface area contributed by atoms with Gasteiger partial charge >= 0.3 is 5.97 Å². The highest BCUT2D eigenvalue weighted by atomic mass is 32.1. The molecule has 1 saturated carbocycles. The van der Waals surface area contributed by atoms with E-state index < -0.39 is 23.5 Å². The molecule has 1 amide bonds. The van der Waals surface area contributed by atoms with Gasteiger partial charge in [-0.2, -0.15) is 5.26 Å². The number of benzene rings is 1. The van der Waals surface area contributed by atoms with Crippen molar-refractivity contribution in [2.45, 2.75) is 50.7 Å². The van der Waals surface area contributed by atoms with Gasteiger partial charge in [-0.15, -0.1) is 11.3 Å². The number of para-hydroxylation sites is 1. The molecular formula is C20H21N3O3S. The molecule has 0 unspecified atom stereocenters. The number of nitrogens with one attached hydrogen (secondary N) is 1. The summed E-state index contributed by atoms with van der Waals surface area (Å²) in [6, 6.07) is 9.93. The van der Waals surface area contributed by atoms with Crippen molar-refractivity contribution in [2.24, 2.45) is 0 Å². The van der Waals surface area contributed by atoms with Gasteiger partial charge < -0.3 is 10.1 Å². The minimum atomic E-state index is -0.968. The Balaban J connectivity index is 1.56. The normalized spacial score (nSPS) is 17.3. The Morgan fingerprint density at radius 1 is 1.33 bits per heavy atom. The lowest BCUT2D eigenvalue weighted by atomic mass is 9.83. The Morgan fingerprint density at radius 3 is 2.78 bits per heavy atom. The summed E-state index contributed by atoms with van der Waals surface area (Å²) in [4.78, 5) is 28.7. The van der Waals surface area contributed by atoms with Crippen LogP contribution in [-0.2, 0) is 14.3 Å². The highest BCUT2D eigenvalue weighted by Gasteiger charge is 2.35. The Morgan fingerprint density at radius 2 is 2.07 bits per heavy atom. The van der Waals surface area contributed by atoms with Crippen molar-refractivity contribution in [3.63, 3.8) is 0 Å². The van der Waals surface area contributed by atoms with E-state index in [4.69, 9.17) is 4.74 Å². The van der Waals surface area contributed by atoms with Gasteiger partial charge in [-0.25, -0.2) is 9.78 Å². The molecule has 1 fully saturated rings. The van der Waals surface area contributed by atoms with Crippen LogP contribution in [-0.4, -0.2) is 28.5 Å². The van der Waals surface area contributed by atoms with E-state index in [0.717, 1.165) is 29.5 Å². The number of esters is 1. The number of thiazole rings is 1. The van der Waals surface area contributed by atoms with Crippen LogP contribution >= 0.6 is 11.3 Å². The van der Waals surface area contributed by atoms with E-state index in [1.807, 2.05) is 24.3 Å². The molecule has 3 rings (SSSR count). The molecule has 0 aliphatic heterocycles.